The number of aryl methyl sites for hydroxylation is 2. The van der Waals surface area contributed by atoms with Gasteiger partial charge in [0.1, 0.15) is 0 Å². The summed E-state index contributed by atoms with van der Waals surface area (Å²) in [7, 11) is 0. The first kappa shape index (κ1) is 14.8. The highest BCUT2D eigenvalue weighted by atomic mass is 16.1. The third-order valence-corrected chi connectivity index (χ3v) is 5.98. The zero-order chi connectivity index (χ0) is 16.0. The number of aromatic amines is 1. The first-order valence-corrected chi connectivity index (χ1v) is 8.72. The Morgan fingerprint density at radius 2 is 2.00 bits per heavy atom. The second kappa shape index (κ2) is 5.38. The van der Waals surface area contributed by atoms with Gasteiger partial charge in [0.25, 0.3) is 5.91 Å². The van der Waals surface area contributed by atoms with E-state index in [1.807, 2.05) is 12.1 Å². The molecule has 0 saturated carbocycles. The molecule has 4 rings (SSSR count). The zero-order valence-corrected chi connectivity index (χ0v) is 14.0. The molecule has 1 aromatic carbocycles. The van der Waals surface area contributed by atoms with Crippen LogP contribution < -0.4 is 5.32 Å². The van der Waals surface area contributed by atoms with Crippen LogP contribution in [0.2, 0.25) is 0 Å². The van der Waals surface area contributed by atoms with E-state index in [1.165, 1.54) is 44.3 Å². The quantitative estimate of drug-likeness (QED) is 0.915. The highest BCUT2D eigenvalue weighted by Gasteiger charge is 2.44. The van der Waals surface area contributed by atoms with Crippen LogP contribution >= 0.6 is 0 Å². The maximum atomic E-state index is 12.8. The van der Waals surface area contributed by atoms with Crippen molar-refractivity contribution in [1.82, 2.24) is 15.2 Å². The Kier molecular flexibility index (Phi) is 3.45. The summed E-state index contributed by atoms with van der Waals surface area (Å²) in [5.74, 6) is 0.0463. The number of aromatic nitrogens is 1. The van der Waals surface area contributed by atoms with E-state index in [9.17, 15) is 4.79 Å². The maximum absolute atomic E-state index is 12.8. The van der Waals surface area contributed by atoms with Crippen molar-refractivity contribution in [1.29, 1.82) is 0 Å². The zero-order valence-electron chi connectivity index (χ0n) is 14.0. The predicted octanol–water partition coefficient (Wildman–Crippen LogP) is 3.14. The molecule has 122 valence electrons. The predicted molar refractivity (Wildman–Crippen MR) is 92.9 cm³/mol. The van der Waals surface area contributed by atoms with Gasteiger partial charge in [0.2, 0.25) is 0 Å². The number of hydrogen-bond acceptors (Lipinski definition) is 2. The smallest absolute Gasteiger partial charge is 0.253 e. The Bertz CT molecular complexity index is 751. The number of carbonyl (C=O) groups excluding carboxylic acids is 1. The van der Waals surface area contributed by atoms with E-state index in [-0.39, 0.29) is 11.4 Å². The number of benzene rings is 1. The fraction of sp³-hybridized carbons (Fsp3) is 0.526. The van der Waals surface area contributed by atoms with Crippen molar-refractivity contribution in [3.8, 4) is 0 Å². The Morgan fingerprint density at radius 1 is 1.26 bits per heavy atom. The molecule has 0 spiro atoms. The summed E-state index contributed by atoms with van der Waals surface area (Å²) in [6.45, 7) is 7.33. The number of carbonyl (C=O) groups is 1. The van der Waals surface area contributed by atoms with Crippen molar-refractivity contribution in [3.63, 3.8) is 0 Å². The molecule has 0 aliphatic carbocycles. The van der Waals surface area contributed by atoms with Gasteiger partial charge in [0, 0.05) is 23.2 Å². The number of nitrogens with one attached hydrogen (secondary N) is 2. The van der Waals surface area contributed by atoms with Crippen LogP contribution in [-0.2, 0) is 0 Å². The number of hydrogen-bond donors (Lipinski definition) is 2. The Labute approximate surface area is 137 Å². The second-order valence-corrected chi connectivity index (χ2v) is 7.20. The molecule has 4 heteroatoms. The monoisotopic (exact) mass is 311 g/mol. The SMILES string of the molecule is Cc1[nH]c2c(C(=O)NCC34CCCN3CCC4)cccc2c1C. The third-order valence-electron chi connectivity index (χ3n) is 5.98. The van der Waals surface area contributed by atoms with Gasteiger partial charge in [-0.25, -0.2) is 0 Å². The molecule has 23 heavy (non-hydrogen) atoms. The van der Waals surface area contributed by atoms with Crippen molar-refractivity contribution < 1.29 is 4.79 Å². The standard InChI is InChI=1S/C19H25N3O/c1-13-14(2)21-17-15(13)6-3-7-16(17)18(23)20-12-19-8-4-10-22(19)11-5-9-19/h3,6-7,21H,4-5,8-12H2,1-2H3,(H,20,23). The summed E-state index contributed by atoms with van der Waals surface area (Å²) < 4.78 is 0. The highest BCUT2D eigenvalue weighted by molar-refractivity contribution is 6.06. The van der Waals surface area contributed by atoms with Crippen LogP contribution in [0, 0.1) is 13.8 Å². The second-order valence-electron chi connectivity index (χ2n) is 7.20. The molecule has 2 aromatic rings. The lowest BCUT2D eigenvalue weighted by molar-refractivity contribution is 0.0921. The number of H-pyrrole nitrogens is 1. The average Bonchev–Trinajstić information content (AvgIpc) is 3.19. The molecule has 4 nitrogen and oxygen atoms in total. The van der Waals surface area contributed by atoms with Crippen molar-refractivity contribution >= 4 is 16.8 Å². The Balaban J connectivity index is 1.57. The van der Waals surface area contributed by atoms with Crippen LogP contribution in [0.5, 0.6) is 0 Å². The van der Waals surface area contributed by atoms with Gasteiger partial charge in [-0.3, -0.25) is 9.69 Å². The summed E-state index contributed by atoms with van der Waals surface area (Å²) in [5.41, 5.74) is 4.32. The van der Waals surface area contributed by atoms with E-state index >= 15 is 0 Å². The lowest BCUT2D eigenvalue weighted by Gasteiger charge is -2.32. The summed E-state index contributed by atoms with van der Waals surface area (Å²) in [6.07, 6.45) is 4.97. The third kappa shape index (κ3) is 2.27. The van der Waals surface area contributed by atoms with Gasteiger partial charge in [-0.15, -0.1) is 0 Å². The first-order valence-electron chi connectivity index (χ1n) is 8.72. The number of fused-ring (bicyclic) bond motifs is 2. The summed E-state index contributed by atoms with van der Waals surface area (Å²) in [6, 6.07) is 5.98. The molecular formula is C19H25N3O. The molecule has 1 amide bonds. The Morgan fingerprint density at radius 3 is 2.74 bits per heavy atom. The normalized spacial score (nSPS) is 20.1. The summed E-state index contributed by atoms with van der Waals surface area (Å²) >= 11 is 0. The molecule has 2 fully saturated rings. The lowest BCUT2D eigenvalue weighted by Crippen LogP contribution is -2.48. The van der Waals surface area contributed by atoms with Crippen LogP contribution in [0.1, 0.15) is 47.3 Å². The topological polar surface area (TPSA) is 48.1 Å². The molecule has 2 aliphatic heterocycles. The van der Waals surface area contributed by atoms with E-state index in [1.54, 1.807) is 0 Å². The van der Waals surface area contributed by atoms with Gasteiger partial charge in [0.05, 0.1) is 11.1 Å². The summed E-state index contributed by atoms with van der Waals surface area (Å²) in [5, 5.41) is 4.37. The average molecular weight is 311 g/mol. The molecule has 0 unspecified atom stereocenters. The van der Waals surface area contributed by atoms with Crippen molar-refractivity contribution in [2.75, 3.05) is 19.6 Å². The molecule has 0 atom stereocenters. The van der Waals surface area contributed by atoms with Crippen LogP contribution in [0.3, 0.4) is 0 Å². The minimum absolute atomic E-state index is 0.0463. The fourth-order valence-electron chi connectivity index (χ4n) is 4.53. The largest absolute Gasteiger partial charge is 0.358 e. The molecule has 3 heterocycles. The van der Waals surface area contributed by atoms with E-state index in [2.05, 4.69) is 35.1 Å². The van der Waals surface area contributed by atoms with E-state index in [0.29, 0.717) is 0 Å². The minimum Gasteiger partial charge on any atom is -0.358 e. The molecule has 2 aliphatic rings. The molecule has 1 aromatic heterocycles. The number of para-hydroxylation sites is 1. The maximum Gasteiger partial charge on any atom is 0.253 e. The van der Waals surface area contributed by atoms with Crippen molar-refractivity contribution in [3.05, 3.63) is 35.0 Å². The van der Waals surface area contributed by atoms with Gasteiger partial charge in [-0.1, -0.05) is 12.1 Å². The van der Waals surface area contributed by atoms with Crippen molar-refractivity contribution in [2.24, 2.45) is 0 Å². The van der Waals surface area contributed by atoms with Gasteiger partial charge >= 0.3 is 0 Å². The van der Waals surface area contributed by atoms with Gasteiger partial charge in [-0.2, -0.15) is 0 Å². The van der Waals surface area contributed by atoms with Crippen molar-refractivity contribution in [2.45, 2.75) is 45.1 Å². The van der Waals surface area contributed by atoms with Crippen LogP contribution in [0.25, 0.3) is 10.9 Å². The molecule has 2 saturated heterocycles. The van der Waals surface area contributed by atoms with Crippen LogP contribution in [0.4, 0.5) is 0 Å². The van der Waals surface area contributed by atoms with Gasteiger partial charge in [0.15, 0.2) is 0 Å². The molecule has 2 N–H and O–H groups in total. The molecule has 0 radical (unpaired) electrons. The minimum atomic E-state index is 0.0463. The Hall–Kier alpha value is -1.81. The van der Waals surface area contributed by atoms with Crippen LogP contribution in [0.15, 0.2) is 18.2 Å². The number of nitrogens with zero attached hydrogens (tertiary/aromatic N) is 1. The fourth-order valence-corrected chi connectivity index (χ4v) is 4.53. The van der Waals surface area contributed by atoms with E-state index in [0.717, 1.165) is 28.7 Å². The number of rotatable bonds is 3. The summed E-state index contributed by atoms with van der Waals surface area (Å²) in [4.78, 5) is 18.7. The van der Waals surface area contributed by atoms with E-state index in [4.69, 9.17) is 0 Å². The molecule has 0 bridgehead atoms. The van der Waals surface area contributed by atoms with Gasteiger partial charge in [-0.05, 0) is 64.3 Å². The lowest BCUT2D eigenvalue weighted by atomic mass is 9.94. The number of amides is 1. The van der Waals surface area contributed by atoms with Gasteiger partial charge < -0.3 is 10.3 Å². The molecular weight excluding hydrogens is 286 g/mol. The van der Waals surface area contributed by atoms with E-state index < -0.39 is 0 Å². The first-order chi connectivity index (χ1) is 11.1. The van der Waals surface area contributed by atoms with Crippen LogP contribution in [-0.4, -0.2) is 41.0 Å². The highest BCUT2D eigenvalue weighted by Crippen LogP contribution is 2.38.